The molecule has 6 nitrogen and oxygen atoms in total. The third kappa shape index (κ3) is 10.5. The molecule has 0 saturated heterocycles. The number of ether oxygens (including phenoxy) is 1. The van der Waals surface area contributed by atoms with Gasteiger partial charge in [-0.2, -0.15) is 0 Å². The number of aliphatic hydroxyl groups excluding tert-OH is 1. The Bertz CT molecular complexity index is 391. The number of unbranched alkanes of at least 4 members (excludes halogenated alkanes) is 1. The maximum atomic E-state index is 12.2. The van der Waals surface area contributed by atoms with Crippen molar-refractivity contribution in [3.63, 3.8) is 0 Å². The third-order valence-electron chi connectivity index (χ3n) is 3.55. The van der Waals surface area contributed by atoms with Gasteiger partial charge >= 0.3 is 6.09 Å². The maximum absolute atomic E-state index is 12.2. The molecule has 0 aromatic heterocycles. The van der Waals surface area contributed by atoms with Crippen LogP contribution in [0.25, 0.3) is 0 Å². The summed E-state index contributed by atoms with van der Waals surface area (Å²) < 4.78 is 5.25. The van der Waals surface area contributed by atoms with Crippen molar-refractivity contribution in [2.24, 2.45) is 5.92 Å². The molecule has 0 aromatic rings. The van der Waals surface area contributed by atoms with Gasteiger partial charge in [-0.3, -0.25) is 4.79 Å². The van der Waals surface area contributed by atoms with Crippen molar-refractivity contribution < 1.29 is 19.4 Å². The average Bonchev–Trinajstić information content (AvgIpc) is 2.41. The fourth-order valence-corrected chi connectivity index (χ4v) is 2.28. The number of rotatable bonds is 9. The fraction of sp³-hybridized carbons (Fsp3) is 0.889. The van der Waals surface area contributed by atoms with Crippen LogP contribution in [0.1, 0.15) is 67.2 Å². The summed E-state index contributed by atoms with van der Waals surface area (Å²) in [4.78, 5) is 25.8. The molecule has 2 N–H and O–H groups in total. The number of aliphatic hydroxyl groups is 1. The second kappa shape index (κ2) is 10.5. The van der Waals surface area contributed by atoms with Crippen LogP contribution in [0.15, 0.2) is 0 Å². The molecule has 0 spiro atoms. The summed E-state index contributed by atoms with van der Waals surface area (Å²) >= 11 is 0. The van der Waals surface area contributed by atoms with Crippen LogP contribution in [0.3, 0.4) is 0 Å². The van der Waals surface area contributed by atoms with Crippen LogP contribution >= 0.6 is 0 Å². The lowest BCUT2D eigenvalue weighted by molar-refractivity contribution is -0.132. The van der Waals surface area contributed by atoms with Crippen LogP contribution in [-0.4, -0.2) is 53.3 Å². The fourth-order valence-electron chi connectivity index (χ4n) is 2.28. The van der Waals surface area contributed by atoms with Crippen LogP contribution < -0.4 is 5.32 Å². The number of hydrogen-bond acceptors (Lipinski definition) is 4. The van der Waals surface area contributed by atoms with Gasteiger partial charge in [0.25, 0.3) is 0 Å². The van der Waals surface area contributed by atoms with E-state index in [1.54, 1.807) is 32.7 Å². The molecular weight excluding hydrogens is 308 g/mol. The zero-order valence-corrected chi connectivity index (χ0v) is 16.4. The summed E-state index contributed by atoms with van der Waals surface area (Å²) in [5.74, 6) is 0.156. The van der Waals surface area contributed by atoms with Gasteiger partial charge in [-0.1, -0.05) is 27.2 Å². The molecule has 2 unspecified atom stereocenters. The van der Waals surface area contributed by atoms with Crippen molar-refractivity contribution in [2.45, 2.75) is 85.0 Å². The van der Waals surface area contributed by atoms with Gasteiger partial charge < -0.3 is 20.1 Å². The molecule has 0 aliphatic rings. The van der Waals surface area contributed by atoms with Crippen molar-refractivity contribution in [1.29, 1.82) is 0 Å². The van der Waals surface area contributed by atoms with Crippen LogP contribution in [0.4, 0.5) is 4.79 Å². The van der Waals surface area contributed by atoms with E-state index in [4.69, 9.17) is 4.74 Å². The highest BCUT2D eigenvalue weighted by molar-refractivity contribution is 5.76. The zero-order chi connectivity index (χ0) is 18.9. The van der Waals surface area contributed by atoms with Gasteiger partial charge in [-0.05, 0) is 39.5 Å². The molecule has 0 aliphatic carbocycles. The molecule has 0 saturated carbocycles. The Labute approximate surface area is 146 Å². The van der Waals surface area contributed by atoms with E-state index >= 15 is 0 Å². The molecule has 0 aliphatic heterocycles. The average molecular weight is 344 g/mol. The summed E-state index contributed by atoms with van der Waals surface area (Å²) in [7, 11) is 1.74. The Morgan fingerprint density at radius 2 is 1.83 bits per heavy atom. The highest BCUT2D eigenvalue weighted by Gasteiger charge is 2.27. The molecule has 0 aromatic carbocycles. The highest BCUT2D eigenvalue weighted by atomic mass is 16.6. The van der Waals surface area contributed by atoms with Crippen molar-refractivity contribution in [2.75, 3.05) is 13.6 Å². The van der Waals surface area contributed by atoms with E-state index in [2.05, 4.69) is 12.2 Å². The predicted octanol–water partition coefficient (Wildman–Crippen LogP) is 2.94. The summed E-state index contributed by atoms with van der Waals surface area (Å²) in [5, 5.41) is 13.1. The van der Waals surface area contributed by atoms with Gasteiger partial charge in [0.2, 0.25) is 5.91 Å². The van der Waals surface area contributed by atoms with Gasteiger partial charge in [-0.25, -0.2) is 4.79 Å². The predicted molar refractivity (Wildman–Crippen MR) is 95.8 cm³/mol. The summed E-state index contributed by atoms with van der Waals surface area (Å²) in [5.41, 5.74) is -0.604. The first-order chi connectivity index (χ1) is 11.0. The topological polar surface area (TPSA) is 78.9 Å². The molecule has 6 heteroatoms. The van der Waals surface area contributed by atoms with Gasteiger partial charge in [-0.15, -0.1) is 0 Å². The smallest absolute Gasteiger partial charge is 0.407 e. The normalized spacial score (nSPS) is 14.2. The van der Waals surface area contributed by atoms with E-state index in [-0.39, 0.29) is 18.2 Å². The second-order valence-electron chi connectivity index (χ2n) is 7.82. The van der Waals surface area contributed by atoms with Gasteiger partial charge in [0, 0.05) is 13.6 Å². The second-order valence-corrected chi connectivity index (χ2v) is 7.82. The first kappa shape index (κ1) is 22.7. The van der Waals surface area contributed by atoms with E-state index in [1.807, 2.05) is 13.8 Å². The number of amides is 2. The number of hydrogen-bond donors (Lipinski definition) is 2. The van der Waals surface area contributed by atoms with Crippen molar-refractivity contribution in [3.05, 3.63) is 0 Å². The van der Waals surface area contributed by atoms with Crippen molar-refractivity contribution >= 4 is 12.0 Å². The maximum Gasteiger partial charge on any atom is 0.407 e. The molecule has 0 bridgehead atoms. The Kier molecular flexibility index (Phi) is 9.97. The summed E-state index contributed by atoms with van der Waals surface area (Å²) in [6.45, 7) is 12.1. The molecule has 142 valence electrons. The SMILES string of the molecule is CCCCN(C)C(=O)CC(O)C(CC(C)C)NC(=O)OC(C)(C)C. The summed E-state index contributed by atoms with van der Waals surface area (Å²) in [6, 6.07) is -0.511. The molecular formula is C18H36N2O4. The van der Waals surface area contributed by atoms with Gasteiger partial charge in [0.1, 0.15) is 5.60 Å². The van der Waals surface area contributed by atoms with E-state index in [9.17, 15) is 14.7 Å². The third-order valence-corrected chi connectivity index (χ3v) is 3.55. The van der Waals surface area contributed by atoms with Crippen LogP contribution in [-0.2, 0) is 9.53 Å². The minimum absolute atomic E-state index is 0.00655. The number of carbonyl (C=O) groups excluding carboxylic acids is 2. The van der Waals surface area contributed by atoms with Crippen LogP contribution in [0.5, 0.6) is 0 Å². The number of nitrogens with zero attached hydrogens (tertiary/aromatic N) is 1. The number of carbonyl (C=O) groups is 2. The zero-order valence-electron chi connectivity index (χ0n) is 16.4. The van der Waals surface area contributed by atoms with Crippen LogP contribution in [0.2, 0.25) is 0 Å². The van der Waals surface area contributed by atoms with Crippen molar-refractivity contribution in [3.8, 4) is 0 Å². The van der Waals surface area contributed by atoms with E-state index < -0.39 is 23.8 Å². The summed E-state index contributed by atoms with van der Waals surface area (Å²) in [6.07, 6.45) is 1.01. The Hall–Kier alpha value is -1.30. The highest BCUT2D eigenvalue weighted by Crippen LogP contribution is 2.14. The molecule has 2 amide bonds. The molecule has 0 fully saturated rings. The lowest BCUT2D eigenvalue weighted by atomic mass is 9.97. The number of nitrogens with one attached hydrogen (secondary N) is 1. The van der Waals surface area contributed by atoms with Gasteiger partial charge in [0.15, 0.2) is 0 Å². The monoisotopic (exact) mass is 344 g/mol. The minimum atomic E-state index is -0.934. The van der Waals surface area contributed by atoms with E-state index in [0.29, 0.717) is 13.0 Å². The largest absolute Gasteiger partial charge is 0.444 e. The van der Waals surface area contributed by atoms with Crippen LogP contribution in [0, 0.1) is 5.92 Å². The Balaban J connectivity index is 4.73. The van der Waals surface area contributed by atoms with Gasteiger partial charge in [0.05, 0.1) is 18.6 Å². The lowest BCUT2D eigenvalue weighted by Gasteiger charge is -2.28. The van der Waals surface area contributed by atoms with E-state index in [0.717, 1.165) is 12.8 Å². The molecule has 24 heavy (non-hydrogen) atoms. The minimum Gasteiger partial charge on any atom is -0.444 e. The molecule has 2 atom stereocenters. The standard InChI is InChI=1S/C18H36N2O4/c1-8-9-10-20(7)16(22)12-15(21)14(11-13(2)3)19-17(23)24-18(4,5)6/h13-15,21H,8-12H2,1-7H3,(H,19,23). The Morgan fingerprint density at radius 1 is 1.25 bits per heavy atom. The lowest BCUT2D eigenvalue weighted by Crippen LogP contribution is -2.47. The van der Waals surface area contributed by atoms with Crippen molar-refractivity contribution in [1.82, 2.24) is 10.2 Å². The number of alkyl carbamates (subject to hydrolysis) is 1. The quantitative estimate of drug-likeness (QED) is 0.674. The molecule has 0 rings (SSSR count). The molecule has 0 radical (unpaired) electrons. The first-order valence-corrected chi connectivity index (χ1v) is 8.87. The first-order valence-electron chi connectivity index (χ1n) is 8.87. The Morgan fingerprint density at radius 3 is 2.29 bits per heavy atom. The van der Waals surface area contributed by atoms with E-state index in [1.165, 1.54) is 0 Å². The molecule has 0 heterocycles.